The van der Waals surface area contributed by atoms with Gasteiger partial charge in [-0.25, -0.2) is 0 Å². The molecule has 1 aromatic carbocycles. The number of methoxy groups -OCH3 is 2. The van der Waals surface area contributed by atoms with E-state index in [2.05, 4.69) is 15.8 Å². The van der Waals surface area contributed by atoms with E-state index in [1.165, 1.54) is 0 Å². The fraction of sp³-hybridized carbons (Fsp3) is 0.273. The smallest absolute Gasteiger partial charge is 0.186 e. The zero-order valence-corrected chi connectivity index (χ0v) is 10.8. The molecule has 0 aliphatic rings. The van der Waals surface area contributed by atoms with E-state index in [1.807, 2.05) is 18.2 Å². The van der Waals surface area contributed by atoms with E-state index in [0.717, 1.165) is 5.56 Å². The molecule has 0 aliphatic carbocycles. The maximum absolute atomic E-state index is 5.26. The Morgan fingerprint density at radius 1 is 1.35 bits per heavy atom. The molecule has 0 amide bonds. The van der Waals surface area contributed by atoms with Gasteiger partial charge in [0.25, 0.3) is 0 Å². The van der Waals surface area contributed by atoms with Crippen molar-refractivity contribution in [2.75, 3.05) is 21.3 Å². The second-order valence-corrected chi connectivity index (χ2v) is 3.44. The van der Waals surface area contributed by atoms with Crippen LogP contribution in [0.1, 0.15) is 5.56 Å². The van der Waals surface area contributed by atoms with Crippen LogP contribution in [0.25, 0.3) is 0 Å². The van der Waals surface area contributed by atoms with Crippen molar-refractivity contribution in [3.05, 3.63) is 23.8 Å². The summed E-state index contributed by atoms with van der Waals surface area (Å²) in [7, 11) is 4.89. The summed E-state index contributed by atoms with van der Waals surface area (Å²) in [6.45, 7) is 0. The van der Waals surface area contributed by atoms with Gasteiger partial charge in [-0.15, -0.1) is 0 Å². The molecule has 0 heterocycles. The molecule has 1 aromatic rings. The molecule has 0 fully saturated rings. The zero-order chi connectivity index (χ0) is 12.7. The Labute approximate surface area is 106 Å². The largest absolute Gasteiger partial charge is 0.493 e. The Kier molecular flexibility index (Phi) is 5.22. The van der Waals surface area contributed by atoms with Crippen LogP contribution in [0.15, 0.2) is 23.3 Å². The summed E-state index contributed by atoms with van der Waals surface area (Å²) in [4.78, 5) is 0. The quantitative estimate of drug-likeness (QED) is 0.478. The lowest BCUT2D eigenvalue weighted by atomic mass is 10.2. The van der Waals surface area contributed by atoms with E-state index in [1.54, 1.807) is 27.5 Å². The van der Waals surface area contributed by atoms with Crippen molar-refractivity contribution in [1.29, 1.82) is 0 Å². The van der Waals surface area contributed by atoms with Crippen molar-refractivity contribution < 1.29 is 9.47 Å². The predicted molar refractivity (Wildman–Crippen MR) is 71.9 cm³/mol. The topological polar surface area (TPSA) is 54.9 Å². The van der Waals surface area contributed by atoms with Gasteiger partial charge < -0.3 is 14.8 Å². The first-order valence-corrected chi connectivity index (χ1v) is 5.35. The highest BCUT2D eigenvalue weighted by molar-refractivity contribution is 7.80. The molecule has 0 aliphatic heterocycles. The van der Waals surface area contributed by atoms with Crippen LogP contribution in [0.2, 0.25) is 0 Å². The van der Waals surface area contributed by atoms with Crippen LogP contribution in [0.4, 0.5) is 0 Å². The third-order valence-electron chi connectivity index (χ3n) is 2.03. The standard InChI is InChI=1S/C11H15N3O2S/c1-12-11(17)14-13-7-8-5-4-6-9(15-2)10(8)16-3/h4-7H,1-3H3,(H2,12,14,17). The van der Waals surface area contributed by atoms with Gasteiger partial charge >= 0.3 is 0 Å². The van der Waals surface area contributed by atoms with E-state index in [-0.39, 0.29) is 0 Å². The minimum Gasteiger partial charge on any atom is -0.493 e. The van der Waals surface area contributed by atoms with Crippen molar-refractivity contribution in [1.82, 2.24) is 10.7 Å². The van der Waals surface area contributed by atoms with Crippen molar-refractivity contribution >= 4 is 23.5 Å². The Morgan fingerprint density at radius 3 is 2.71 bits per heavy atom. The van der Waals surface area contributed by atoms with Gasteiger partial charge in [0.2, 0.25) is 0 Å². The van der Waals surface area contributed by atoms with Crippen LogP contribution < -0.4 is 20.2 Å². The lowest BCUT2D eigenvalue weighted by Crippen LogP contribution is -2.28. The van der Waals surface area contributed by atoms with Gasteiger partial charge in [0, 0.05) is 12.6 Å². The van der Waals surface area contributed by atoms with Crippen molar-refractivity contribution in [2.45, 2.75) is 0 Å². The van der Waals surface area contributed by atoms with E-state index in [9.17, 15) is 0 Å². The van der Waals surface area contributed by atoms with Crippen molar-refractivity contribution in [3.8, 4) is 11.5 Å². The Morgan fingerprint density at radius 2 is 2.12 bits per heavy atom. The third-order valence-corrected chi connectivity index (χ3v) is 2.33. The Hall–Kier alpha value is -1.82. The first-order valence-electron chi connectivity index (χ1n) is 4.94. The van der Waals surface area contributed by atoms with Crippen molar-refractivity contribution in [2.24, 2.45) is 5.10 Å². The molecular formula is C11H15N3O2S. The summed E-state index contributed by atoms with van der Waals surface area (Å²) in [5.74, 6) is 1.29. The molecule has 0 saturated heterocycles. The molecule has 92 valence electrons. The van der Waals surface area contributed by atoms with Gasteiger partial charge in [-0.05, 0) is 24.4 Å². The number of nitrogens with zero attached hydrogens (tertiary/aromatic N) is 1. The number of para-hydroxylation sites is 1. The monoisotopic (exact) mass is 253 g/mol. The lowest BCUT2D eigenvalue weighted by molar-refractivity contribution is 0.354. The third kappa shape index (κ3) is 3.60. The summed E-state index contributed by atoms with van der Waals surface area (Å²) in [6, 6.07) is 5.55. The number of ether oxygens (including phenoxy) is 2. The van der Waals surface area contributed by atoms with E-state index in [0.29, 0.717) is 16.6 Å². The number of nitrogens with one attached hydrogen (secondary N) is 2. The van der Waals surface area contributed by atoms with Crippen LogP contribution >= 0.6 is 12.2 Å². The molecule has 6 heteroatoms. The van der Waals surface area contributed by atoms with Gasteiger partial charge in [0.15, 0.2) is 16.6 Å². The van der Waals surface area contributed by atoms with Crippen LogP contribution in [-0.2, 0) is 0 Å². The van der Waals surface area contributed by atoms with Crippen LogP contribution in [0, 0.1) is 0 Å². The summed E-state index contributed by atoms with van der Waals surface area (Å²) < 4.78 is 10.4. The summed E-state index contributed by atoms with van der Waals surface area (Å²) in [5.41, 5.74) is 3.47. The highest BCUT2D eigenvalue weighted by Gasteiger charge is 2.06. The second-order valence-electron chi connectivity index (χ2n) is 3.03. The lowest BCUT2D eigenvalue weighted by Gasteiger charge is -2.09. The first kappa shape index (κ1) is 13.2. The predicted octanol–water partition coefficient (Wildman–Crippen LogP) is 1.13. The second kappa shape index (κ2) is 6.70. The fourth-order valence-electron chi connectivity index (χ4n) is 1.23. The van der Waals surface area contributed by atoms with Crippen LogP contribution in [-0.4, -0.2) is 32.6 Å². The van der Waals surface area contributed by atoms with Crippen molar-refractivity contribution in [3.63, 3.8) is 0 Å². The average Bonchev–Trinajstić information content (AvgIpc) is 2.37. The number of hydrazone groups is 1. The van der Waals surface area contributed by atoms with Crippen LogP contribution in [0.3, 0.4) is 0 Å². The molecule has 17 heavy (non-hydrogen) atoms. The Bertz CT molecular complexity index is 421. The number of hydrogen-bond acceptors (Lipinski definition) is 4. The highest BCUT2D eigenvalue weighted by Crippen LogP contribution is 2.29. The fourth-order valence-corrected chi connectivity index (χ4v) is 1.28. The summed E-state index contributed by atoms with van der Waals surface area (Å²) >= 11 is 4.89. The van der Waals surface area contributed by atoms with Gasteiger partial charge in [0.1, 0.15) is 0 Å². The maximum Gasteiger partial charge on any atom is 0.186 e. The molecule has 0 saturated carbocycles. The molecule has 0 atom stereocenters. The first-order chi connectivity index (χ1) is 8.22. The highest BCUT2D eigenvalue weighted by atomic mass is 32.1. The maximum atomic E-state index is 5.26. The Balaban J connectivity index is 2.86. The molecule has 0 unspecified atom stereocenters. The average molecular weight is 253 g/mol. The van der Waals surface area contributed by atoms with E-state index in [4.69, 9.17) is 21.7 Å². The van der Waals surface area contributed by atoms with Crippen LogP contribution in [0.5, 0.6) is 11.5 Å². The molecule has 0 bridgehead atoms. The van der Waals surface area contributed by atoms with Gasteiger partial charge in [-0.1, -0.05) is 6.07 Å². The molecule has 0 radical (unpaired) electrons. The minimum atomic E-state index is 0.447. The molecule has 1 rings (SSSR count). The number of thiocarbonyl (C=S) groups is 1. The van der Waals surface area contributed by atoms with E-state index < -0.39 is 0 Å². The molecule has 2 N–H and O–H groups in total. The molecule has 0 aromatic heterocycles. The number of rotatable bonds is 4. The van der Waals surface area contributed by atoms with Gasteiger partial charge in [-0.2, -0.15) is 5.10 Å². The SMILES string of the molecule is CNC(=S)NN=Cc1cccc(OC)c1OC. The molecule has 0 spiro atoms. The summed E-state index contributed by atoms with van der Waals surface area (Å²) in [6.07, 6.45) is 1.62. The summed E-state index contributed by atoms with van der Waals surface area (Å²) in [5, 5.41) is 7.18. The normalized spacial score (nSPS) is 10.1. The van der Waals surface area contributed by atoms with Gasteiger partial charge in [-0.3, -0.25) is 5.43 Å². The number of hydrogen-bond donors (Lipinski definition) is 2. The van der Waals surface area contributed by atoms with E-state index >= 15 is 0 Å². The van der Waals surface area contributed by atoms with Gasteiger partial charge in [0.05, 0.1) is 20.4 Å². The minimum absolute atomic E-state index is 0.447. The molecular weight excluding hydrogens is 238 g/mol. The number of benzene rings is 1. The molecule has 5 nitrogen and oxygen atoms in total. The zero-order valence-electron chi connectivity index (χ0n) is 9.98.